The summed E-state index contributed by atoms with van der Waals surface area (Å²) in [6, 6.07) is 7.03. The molecule has 0 atom stereocenters. The molecule has 2 aromatic carbocycles. The highest BCUT2D eigenvalue weighted by atomic mass is 16.5. The molecule has 1 saturated heterocycles. The number of ether oxygens (including phenoxy) is 3. The van der Waals surface area contributed by atoms with Crippen LogP contribution in [0.3, 0.4) is 0 Å². The van der Waals surface area contributed by atoms with Crippen molar-refractivity contribution in [2.24, 2.45) is 0 Å². The topological polar surface area (TPSA) is 71.5 Å². The number of rotatable bonds is 5. The molecule has 0 bridgehead atoms. The number of benzene rings is 2. The Morgan fingerprint density at radius 1 is 1.13 bits per heavy atom. The van der Waals surface area contributed by atoms with Gasteiger partial charge in [-0.3, -0.25) is 9.69 Å². The molecule has 0 aromatic heterocycles. The first-order valence-corrected chi connectivity index (χ1v) is 10.3. The zero-order chi connectivity index (χ0) is 22.1. The van der Waals surface area contributed by atoms with Crippen LogP contribution in [0, 0.1) is 6.92 Å². The van der Waals surface area contributed by atoms with Crippen LogP contribution >= 0.6 is 0 Å². The molecular weight excluding hydrogens is 396 g/mol. The highest BCUT2D eigenvalue weighted by molar-refractivity contribution is 6.16. The van der Waals surface area contributed by atoms with E-state index in [1.807, 2.05) is 6.92 Å². The maximum atomic E-state index is 13.2. The SMILES string of the molecule is COc1ccc(OC)c(/C=C2/Oc3c(CN4CCN(C)CC4)c(O)cc(C)c3C2=O)c1. The fourth-order valence-corrected chi connectivity index (χ4v) is 4.06. The minimum absolute atomic E-state index is 0.156. The molecule has 4 rings (SSSR count). The van der Waals surface area contributed by atoms with Crippen LogP contribution in [-0.4, -0.2) is 68.1 Å². The number of aromatic hydroxyl groups is 1. The predicted molar refractivity (Wildman–Crippen MR) is 118 cm³/mol. The minimum Gasteiger partial charge on any atom is -0.507 e. The van der Waals surface area contributed by atoms with Gasteiger partial charge in [-0.15, -0.1) is 0 Å². The molecular formula is C24H28N2O5. The number of phenols is 1. The molecule has 164 valence electrons. The Morgan fingerprint density at radius 2 is 1.87 bits per heavy atom. The monoisotopic (exact) mass is 424 g/mol. The summed E-state index contributed by atoms with van der Waals surface area (Å²) in [6.45, 7) is 6.08. The lowest BCUT2D eigenvalue weighted by Gasteiger charge is -2.32. The highest BCUT2D eigenvalue weighted by Gasteiger charge is 2.34. The van der Waals surface area contributed by atoms with Crippen LogP contribution < -0.4 is 14.2 Å². The molecule has 0 unspecified atom stereocenters. The second kappa shape index (κ2) is 8.61. The third-order valence-corrected chi connectivity index (χ3v) is 5.92. The molecule has 0 spiro atoms. The number of carbonyl (C=O) groups is 1. The standard InChI is InChI=1S/C24H28N2O5/c1-15-11-19(27)18(14-26-9-7-25(2)8-10-26)24-22(15)23(28)21(31-24)13-16-12-17(29-3)5-6-20(16)30-4/h5-6,11-13,27H,7-10,14H2,1-4H3/b21-13+. The first kappa shape index (κ1) is 21.2. The Labute approximate surface area is 182 Å². The first-order valence-electron chi connectivity index (χ1n) is 10.3. The van der Waals surface area contributed by atoms with Crippen molar-refractivity contribution in [1.82, 2.24) is 9.80 Å². The smallest absolute Gasteiger partial charge is 0.232 e. The number of nitrogens with zero attached hydrogens (tertiary/aromatic N) is 2. The number of hydrogen-bond donors (Lipinski definition) is 1. The predicted octanol–water partition coefficient (Wildman–Crippen LogP) is 3.08. The number of Topliss-reactive ketones (excluding diaryl/α,β-unsaturated/α-hetero) is 1. The van der Waals surface area contributed by atoms with Crippen molar-refractivity contribution in [3.63, 3.8) is 0 Å². The van der Waals surface area contributed by atoms with Crippen molar-refractivity contribution >= 4 is 11.9 Å². The molecule has 7 heteroatoms. The number of allylic oxidation sites excluding steroid dienone is 1. The number of piperazine rings is 1. The minimum atomic E-state index is -0.197. The third kappa shape index (κ3) is 4.11. The Kier molecular flexibility index (Phi) is 5.89. The number of carbonyl (C=O) groups excluding carboxylic acids is 1. The van der Waals surface area contributed by atoms with E-state index in [1.54, 1.807) is 44.6 Å². The molecule has 0 aliphatic carbocycles. The van der Waals surface area contributed by atoms with E-state index in [4.69, 9.17) is 14.2 Å². The van der Waals surface area contributed by atoms with Gasteiger partial charge < -0.3 is 24.2 Å². The van der Waals surface area contributed by atoms with E-state index in [9.17, 15) is 9.90 Å². The Balaban J connectivity index is 1.70. The third-order valence-electron chi connectivity index (χ3n) is 5.92. The van der Waals surface area contributed by atoms with Crippen molar-refractivity contribution in [2.75, 3.05) is 47.4 Å². The van der Waals surface area contributed by atoms with Crippen molar-refractivity contribution in [3.05, 3.63) is 52.3 Å². The van der Waals surface area contributed by atoms with Crippen LogP contribution in [0.5, 0.6) is 23.0 Å². The molecule has 0 amide bonds. The van der Waals surface area contributed by atoms with E-state index in [1.165, 1.54) is 0 Å². The maximum absolute atomic E-state index is 13.2. The summed E-state index contributed by atoms with van der Waals surface area (Å²) in [5.41, 5.74) is 2.54. The lowest BCUT2D eigenvalue weighted by atomic mass is 9.99. The average Bonchev–Trinajstić information content (AvgIpc) is 3.08. The van der Waals surface area contributed by atoms with Gasteiger partial charge in [0.2, 0.25) is 5.78 Å². The average molecular weight is 424 g/mol. The fraction of sp³-hybridized carbons (Fsp3) is 0.375. The van der Waals surface area contributed by atoms with Crippen molar-refractivity contribution in [2.45, 2.75) is 13.5 Å². The number of methoxy groups -OCH3 is 2. The van der Waals surface area contributed by atoms with Crippen molar-refractivity contribution in [1.29, 1.82) is 0 Å². The van der Waals surface area contributed by atoms with Gasteiger partial charge in [0.25, 0.3) is 0 Å². The van der Waals surface area contributed by atoms with E-state index >= 15 is 0 Å². The van der Waals surface area contributed by atoms with Crippen LogP contribution in [0.15, 0.2) is 30.0 Å². The van der Waals surface area contributed by atoms with Gasteiger partial charge in [0.1, 0.15) is 23.0 Å². The zero-order valence-corrected chi connectivity index (χ0v) is 18.4. The van der Waals surface area contributed by atoms with Crippen molar-refractivity contribution < 1.29 is 24.1 Å². The van der Waals surface area contributed by atoms with Crippen LogP contribution in [0.2, 0.25) is 0 Å². The summed E-state index contributed by atoms with van der Waals surface area (Å²) >= 11 is 0. The Bertz CT molecular complexity index is 1040. The molecule has 0 saturated carbocycles. The molecule has 0 radical (unpaired) electrons. The summed E-state index contributed by atoms with van der Waals surface area (Å²) < 4.78 is 16.8. The second-order valence-corrected chi connectivity index (χ2v) is 8.02. The van der Waals surface area contributed by atoms with Crippen LogP contribution in [-0.2, 0) is 6.54 Å². The van der Waals surface area contributed by atoms with Crippen LogP contribution in [0.1, 0.15) is 27.0 Å². The summed E-state index contributed by atoms with van der Waals surface area (Å²) in [7, 11) is 5.26. The number of phenolic OH excluding ortho intramolecular Hbond substituents is 1. The van der Waals surface area contributed by atoms with Gasteiger partial charge in [-0.2, -0.15) is 0 Å². The Morgan fingerprint density at radius 3 is 2.55 bits per heavy atom. The summed E-state index contributed by atoms with van der Waals surface area (Å²) in [5.74, 6) is 1.88. The molecule has 2 aliphatic heterocycles. The molecule has 1 fully saturated rings. The normalized spacial score (nSPS) is 18.2. The number of fused-ring (bicyclic) bond motifs is 1. The van der Waals surface area contributed by atoms with Gasteiger partial charge in [-0.25, -0.2) is 0 Å². The Hall–Kier alpha value is -3.03. The molecule has 1 N–H and O–H groups in total. The number of hydrogen-bond acceptors (Lipinski definition) is 7. The van der Waals surface area contributed by atoms with E-state index in [-0.39, 0.29) is 17.3 Å². The van der Waals surface area contributed by atoms with Crippen LogP contribution in [0.4, 0.5) is 0 Å². The lowest BCUT2D eigenvalue weighted by molar-refractivity contribution is 0.101. The number of ketones is 1. The van der Waals surface area contributed by atoms with Gasteiger partial charge >= 0.3 is 0 Å². The first-order chi connectivity index (χ1) is 14.9. The maximum Gasteiger partial charge on any atom is 0.232 e. The molecule has 2 aromatic rings. The molecule has 7 nitrogen and oxygen atoms in total. The summed E-state index contributed by atoms with van der Waals surface area (Å²) in [5, 5.41) is 10.7. The number of likely N-dealkylation sites (N-methyl/N-ethyl adjacent to an activating group) is 1. The van der Waals surface area contributed by atoms with E-state index in [2.05, 4.69) is 16.8 Å². The van der Waals surface area contributed by atoms with E-state index < -0.39 is 0 Å². The quantitative estimate of drug-likeness (QED) is 0.740. The molecule has 31 heavy (non-hydrogen) atoms. The van der Waals surface area contributed by atoms with Gasteiger partial charge in [0.05, 0.1) is 25.3 Å². The molecule has 2 heterocycles. The summed E-state index contributed by atoms with van der Waals surface area (Å²) in [6.07, 6.45) is 1.67. The molecule has 2 aliphatic rings. The highest BCUT2D eigenvalue weighted by Crippen LogP contribution is 2.43. The zero-order valence-electron chi connectivity index (χ0n) is 18.4. The van der Waals surface area contributed by atoms with Gasteiger partial charge in [0, 0.05) is 38.3 Å². The van der Waals surface area contributed by atoms with E-state index in [0.29, 0.717) is 46.0 Å². The lowest BCUT2D eigenvalue weighted by Crippen LogP contribution is -2.43. The van der Waals surface area contributed by atoms with Gasteiger partial charge in [-0.05, 0) is 49.9 Å². The second-order valence-electron chi connectivity index (χ2n) is 8.02. The van der Waals surface area contributed by atoms with Gasteiger partial charge in [-0.1, -0.05) is 0 Å². The van der Waals surface area contributed by atoms with Gasteiger partial charge in [0.15, 0.2) is 5.76 Å². The number of aryl methyl sites for hydroxylation is 1. The summed E-state index contributed by atoms with van der Waals surface area (Å²) in [4.78, 5) is 17.8. The van der Waals surface area contributed by atoms with Crippen molar-refractivity contribution in [3.8, 4) is 23.0 Å². The van der Waals surface area contributed by atoms with Crippen LogP contribution in [0.25, 0.3) is 6.08 Å². The largest absolute Gasteiger partial charge is 0.507 e. The van der Waals surface area contributed by atoms with E-state index in [0.717, 1.165) is 26.2 Å². The fourth-order valence-electron chi connectivity index (χ4n) is 4.06.